The molecule has 0 aliphatic heterocycles. The minimum absolute atomic E-state index is 0.000137. The molecule has 1 aliphatic rings. The van der Waals surface area contributed by atoms with Crippen LogP contribution in [-0.2, 0) is 4.79 Å². The largest absolute Gasteiger partial charge is 0.345 e. The number of amides is 1. The predicted octanol–water partition coefficient (Wildman–Crippen LogP) is 2.37. The Morgan fingerprint density at radius 1 is 1.56 bits per heavy atom. The molecule has 1 aliphatic carbocycles. The van der Waals surface area contributed by atoms with Crippen LogP contribution in [0.25, 0.3) is 0 Å². The van der Waals surface area contributed by atoms with E-state index in [1.165, 1.54) is 6.42 Å². The predicted molar refractivity (Wildman–Crippen MR) is 73.3 cm³/mol. The van der Waals surface area contributed by atoms with Crippen molar-refractivity contribution in [2.24, 2.45) is 5.73 Å². The van der Waals surface area contributed by atoms with Gasteiger partial charge in [0.1, 0.15) is 5.01 Å². The van der Waals surface area contributed by atoms with E-state index in [1.807, 2.05) is 5.38 Å². The van der Waals surface area contributed by atoms with Gasteiger partial charge in [-0.1, -0.05) is 26.2 Å². The molecule has 0 bridgehead atoms. The van der Waals surface area contributed by atoms with Crippen LogP contribution in [0, 0.1) is 0 Å². The van der Waals surface area contributed by atoms with Crippen LogP contribution in [0.2, 0.25) is 0 Å². The summed E-state index contributed by atoms with van der Waals surface area (Å²) in [6.45, 7) is 2.05. The molecule has 0 spiro atoms. The average Bonchev–Trinajstić information content (AvgIpc) is 2.90. The Morgan fingerprint density at radius 2 is 2.28 bits per heavy atom. The molecule has 1 amide bonds. The second kappa shape index (κ2) is 5.80. The topological polar surface area (TPSA) is 68.0 Å². The Kier molecular flexibility index (Phi) is 4.35. The summed E-state index contributed by atoms with van der Waals surface area (Å²) in [6, 6.07) is -0.000137. The smallest absolute Gasteiger partial charge is 0.240 e. The molecular formula is C13H21N3OS. The van der Waals surface area contributed by atoms with Gasteiger partial charge in [-0.2, -0.15) is 0 Å². The number of nitrogens with zero attached hydrogens (tertiary/aromatic N) is 1. The summed E-state index contributed by atoms with van der Waals surface area (Å²) in [6.07, 6.45) is 7.51. The van der Waals surface area contributed by atoms with Crippen LogP contribution < -0.4 is 11.1 Å². The monoisotopic (exact) mass is 267 g/mol. The van der Waals surface area contributed by atoms with E-state index in [0.29, 0.717) is 0 Å². The number of carbonyl (C=O) groups excluding carboxylic acids is 1. The van der Waals surface area contributed by atoms with Gasteiger partial charge in [0.25, 0.3) is 0 Å². The number of carbonyl (C=O) groups is 1. The maximum Gasteiger partial charge on any atom is 0.240 e. The van der Waals surface area contributed by atoms with Gasteiger partial charge in [0.15, 0.2) is 0 Å². The van der Waals surface area contributed by atoms with E-state index in [2.05, 4.69) is 17.2 Å². The van der Waals surface area contributed by atoms with E-state index in [1.54, 1.807) is 17.5 Å². The van der Waals surface area contributed by atoms with Crippen molar-refractivity contribution in [1.29, 1.82) is 0 Å². The molecule has 100 valence electrons. The minimum atomic E-state index is -0.664. The Hall–Kier alpha value is -0.940. The summed E-state index contributed by atoms with van der Waals surface area (Å²) in [5.41, 5.74) is 5.57. The molecule has 3 N–H and O–H groups in total. The first-order valence-corrected chi connectivity index (χ1v) is 7.53. The molecule has 2 rings (SSSR count). The summed E-state index contributed by atoms with van der Waals surface area (Å²) < 4.78 is 0. The van der Waals surface area contributed by atoms with Gasteiger partial charge in [0, 0.05) is 11.6 Å². The third-order valence-electron chi connectivity index (χ3n) is 3.66. The maximum atomic E-state index is 12.3. The molecular weight excluding hydrogens is 246 g/mol. The number of nitrogens with two attached hydrogens (primary N) is 1. The quantitative estimate of drug-likeness (QED) is 0.880. The summed E-state index contributed by atoms with van der Waals surface area (Å²) in [5, 5.41) is 5.96. The Bertz CT molecular complexity index is 385. The van der Waals surface area contributed by atoms with Crippen molar-refractivity contribution in [2.45, 2.75) is 57.0 Å². The summed E-state index contributed by atoms with van der Waals surface area (Å²) in [5.74, 6) is -0.00995. The van der Waals surface area contributed by atoms with Gasteiger partial charge in [-0.05, 0) is 19.3 Å². The van der Waals surface area contributed by atoms with Crippen molar-refractivity contribution in [3.05, 3.63) is 16.6 Å². The third kappa shape index (κ3) is 2.90. The summed E-state index contributed by atoms with van der Waals surface area (Å²) >= 11 is 1.58. The second-order valence-electron chi connectivity index (χ2n) is 5.02. The van der Waals surface area contributed by atoms with Crippen LogP contribution in [0.1, 0.15) is 56.5 Å². The number of hydrogen-bond donors (Lipinski definition) is 2. The van der Waals surface area contributed by atoms with Gasteiger partial charge in [0.2, 0.25) is 5.91 Å². The molecule has 1 aromatic rings. The highest BCUT2D eigenvalue weighted by molar-refractivity contribution is 7.09. The Morgan fingerprint density at radius 3 is 2.83 bits per heavy atom. The first kappa shape index (κ1) is 13.5. The number of thiazole rings is 1. The van der Waals surface area contributed by atoms with Gasteiger partial charge in [-0.15, -0.1) is 11.3 Å². The fourth-order valence-electron chi connectivity index (χ4n) is 2.46. The molecule has 1 aromatic heterocycles. The van der Waals surface area contributed by atoms with Crippen molar-refractivity contribution in [1.82, 2.24) is 10.3 Å². The standard InChI is InChI=1S/C13H21N3OS/c1-2-10(11-15-8-9-18-11)16-12(17)13(14)6-4-3-5-7-13/h8-10H,2-7,14H2,1H3,(H,16,17). The maximum absolute atomic E-state index is 12.3. The van der Waals surface area contributed by atoms with Gasteiger partial charge in [-0.25, -0.2) is 4.98 Å². The summed E-state index contributed by atoms with van der Waals surface area (Å²) in [4.78, 5) is 16.6. The summed E-state index contributed by atoms with van der Waals surface area (Å²) in [7, 11) is 0. The fourth-order valence-corrected chi connectivity index (χ4v) is 3.23. The minimum Gasteiger partial charge on any atom is -0.345 e. The molecule has 1 heterocycles. The fraction of sp³-hybridized carbons (Fsp3) is 0.692. The van der Waals surface area contributed by atoms with Crippen LogP contribution in [0.3, 0.4) is 0 Å². The first-order valence-electron chi connectivity index (χ1n) is 6.65. The lowest BCUT2D eigenvalue weighted by Gasteiger charge is -2.33. The zero-order valence-electron chi connectivity index (χ0n) is 10.8. The van der Waals surface area contributed by atoms with Gasteiger partial charge in [0.05, 0.1) is 11.6 Å². The molecule has 4 nitrogen and oxygen atoms in total. The van der Waals surface area contributed by atoms with Crippen molar-refractivity contribution in [2.75, 3.05) is 0 Å². The molecule has 0 saturated heterocycles. The number of nitrogens with one attached hydrogen (secondary N) is 1. The lowest BCUT2D eigenvalue weighted by atomic mass is 9.81. The van der Waals surface area contributed by atoms with Crippen molar-refractivity contribution in [3.8, 4) is 0 Å². The Balaban J connectivity index is 2.01. The van der Waals surface area contributed by atoms with Crippen molar-refractivity contribution in [3.63, 3.8) is 0 Å². The van der Waals surface area contributed by atoms with E-state index < -0.39 is 5.54 Å². The van der Waals surface area contributed by atoms with Crippen LogP contribution in [-0.4, -0.2) is 16.4 Å². The third-order valence-corrected chi connectivity index (χ3v) is 4.55. The van der Waals surface area contributed by atoms with E-state index in [0.717, 1.165) is 37.1 Å². The zero-order chi connectivity index (χ0) is 13.0. The van der Waals surface area contributed by atoms with Crippen LogP contribution in [0.5, 0.6) is 0 Å². The second-order valence-corrected chi connectivity index (χ2v) is 5.95. The molecule has 1 unspecified atom stereocenters. The number of hydrogen-bond acceptors (Lipinski definition) is 4. The van der Waals surface area contributed by atoms with Crippen LogP contribution in [0.4, 0.5) is 0 Å². The van der Waals surface area contributed by atoms with Crippen molar-refractivity contribution < 1.29 is 4.79 Å². The first-order chi connectivity index (χ1) is 8.65. The lowest BCUT2D eigenvalue weighted by Crippen LogP contribution is -2.55. The SMILES string of the molecule is CCC(NC(=O)C1(N)CCCCC1)c1nccs1. The van der Waals surface area contributed by atoms with E-state index in [9.17, 15) is 4.79 Å². The van der Waals surface area contributed by atoms with E-state index >= 15 is 0 Å². The molecule has 1 saturated carbocycles. The Labute approximate surface area is 112 Å². The molecule has 0 radical (unpaired) electrons. The van der Waals surface area contributed by atoms with E-state index in [-0.39, 0.29) is 11.9 Å². The lowest BCUT2D eigenvalue weighted by molar-refractivity contribution is -0.128. The highest BCUT2D eigenvalue weighted by Crippen LogP contribution is 2.27. The van der Waals surface area contributed by atoms with E-state index in [4.69, 9.17) is 5.73 Å². The molecule has 1 fully saturated rings. The molecule has 18 heavy (non-hydrogen) atoms. The molecule has 0 aromatic carbocycles. The average molecular weight is 267 g/mol. The number of rotatable bonds is 4. The number of aromatic nitrogens is 1. The molecule has 1 atom stereocenters. The highest BCUT2D eigenvalue weighted by atomic mass is 32.1. The molecule has 5 heteroatoms. The highest BCUT2D eigenvalue weighted by Gasteiger charge is 2.36. The van der Waals surface area contributed by atoms with Gasteiger partial charge in [-0.3, -0.25) is 4.79 Å². The van der Waals surface area contributed by atoms with Gasteiger partial charge < -0.3 is 11.1 Å². The van der Waals surface area contributed by atoms with Crippen molar-refractivity contribution >= 4 is 17.2 Å². The van der Waals surface area contributed by atoms with Crippen LogP contribution in [0.15, 0.2) is 11.6 Å². The zero-order valence-corrected chi connectivity index (χ0v) is 11.6. The van der Waals surface area contributed by atoms with Gasteiger partial charge >= 0.3 is 0 Å². The normalized spacial score (nSPS) is 20.3. The van der Waals surface area contributed by atoms with Crippen LogP contribution >= 0.6 is 11.3 Å².